The Labute approximate surface area is 121 Å². The molecule has 0 saturated heterocycles. The second-order valence-electron chi connectivity index (χ2n) is 5.62. The Bertz CT molecular complexity index is 674. The molecule has 1 heterocycles. The summed E-state index contributed by atoms with van der Waals surface area (Å²) in [6.07, 6.45) is 5.60. The van der Waals surface area contributed by atoms with Crippen LogP contribution in [0.15, 0.2) is 18.3 Å². The number of aliphatic hydroxyl groups is 1. The van der Waals surface area contributed by atoms with E-state index in [1.54, 1.807) is 6.20 Å². The molecule has 1 saturated carbocycles. The standard InChI is InChI=1S/C14H17N3O4/c18-8-9-1-3-11(4-2-9)16-7-10-5-13(17(20)21)14(19)6-12(10)15-16/h5-7,9,11,18-19H,1-4,8H2. The summed E-state index contributed by atoms with van der Waals surface area (Å²) in [5.74, 6) is 0.0121. The van der Waals surface area contributed by atoms with Gasteiger partial charge in [-0.2, -0.15) is 5.10 Å². The van der Waals surface area contributed by atoms with Gasteiger partial charge >= 0.3 is 5.69 Å². The van der Waals surface area contributed by atoms with Crippen molar-refractivity contribution in [3.63, 3.8) is 0 Å². The zero-order chi connectivity index (χ0) is 15.0. The summed E-state index contributed by atoms with van der Waals surface area (Å²) in [5.41, 5.74) is 0.258. The van der Waals surface area contributed by atoms with E-state index in [1.165, 1.54) is 12.1 Å². The van der Waals surface area contributed by atoms with Gasteiger partial charge in [-0.25, -0.2) is 0 Å². The molecule has 0 aliphatic heterocycles. The molecule has 21 heavy (non-hydrogen) atoms. The summed E-state index contributed by atoms with van der Waals surface area (Å²) in [5, 5.41) is 34.7. The highest BCUT2D eigenvalue weighted by molar-refractivity contribution is 5.83. The summed E-state index contributed by atoms with van der Waals surface area (Å²) in [7, 11) is 0. The highest BCUT2D eigenvalue weighted by atomic mass is 16.6. The first-order chi connectivity index (χ1) is 10.1. The lowest BCUT2D eigenvalue weighted by atomic mass is 9.87. The summed E-state index contributed by atoms with van der Waals surface area (Å²) in [6, 6.07) is 2.94. The highest BCUT2D eigenvalue weighted by Gasteiger charge is 2.23. The number of phenols is 1. The number of rotatable bonds is 3. The second-order valence-corrected chi connectivity index (χ2v) is 5.62. The number of aliphatic hydroxyl groups excluding tert-OH is 1. The van der Waals surface area contributed by atoms with Crippen LogP contribution >= 0.6 is 0 Å². The van der Waals surface area contributed by atoms with Crippen LogP contribution in [-0.4, -0.2) is 31.5 Å². The molecule has 2 aromatic rings. The van der Waals surface area contributed by atoms with Gasteiger partial charge in [-0.3, -0.25) is 14.8 Å². The van der Waals surface area contributed by atoms with Gasteiger partial charge in [-0.05, 0) is 31.6 Å². The third-order valence-corrected chi connectivity index (χ3v) is 4.26. The smallest absolute Gasteiger partial charge is 0.311 e. The Hall–Kier alpha value is -2.15. The lowest BCUT2D eigenvalue weighted by Crippen LogP contribution is -2.20. The fraction of sp³-hybridized carbons (Fsp3) is 0.500. The van der Waals surface area contributed by atoms with Crippen LogP contribution < -0.4 is 0 Å². The molecule has 0 unspecified atom stereocenters. The first-order valence-corrected chi connectivity index (χ1v) is 7.05. The predicted octanol–water partition coefficient (Wildman–Crippen LogP) is 2.37. The molecule has 2 N–H and O–H groups in total. The number of nitro benzene ring substituents is 1. The number of nitrogens with zero attached hydrogens (tertiary/aromatic N) is 3. The van der Waals surface area contributed by atoms with Gasteiger partial charge in [0.25, 0.3) is 0 Å². The van der Waals surface area contributed by atoms with Crippen LogP contribution in [0.5, 0.6) is 5.75 Å². The molecule has 1 aromatic heterocycles. The topological polar surface area (TPSA) is 101 Å². The molecule has 7 heteroatoms. The van der Waals surface area contributed by atoms with Gasteiger partial charge in [0.15, 0.2) is 5.75 Å². The number of fused-ring (bicyclic) bond motifs is 1. The van der Waals surface area contributed by atoms with Gasteiger partial charge in [0.1, 0.15) is 0 Å². The Morgan fingerprint density at radius 1 is 1.33 bits per heavy atom. The van der Waals surface area contributed by atoms with Crippen LogP contribution in [0, 0.1) is 16.0 Å². The van der Waals surface area contributed by atoms with Crippen LogP contribution in [0.2, 0.25) is 0 Å². The zero-order valence-corrected chi connectivity index (χ0v) is 11.5. The minimum absolute atomic E-state index is 0.230. The van der Waals surface area contributed by atoms with Crippen molar-refractivity contribution in [1.82, 2.24) is 9.78 Å². The predicted molar refractivity (Wildman–Crippen MR) is 76.1 cm³/mol. The number of hydrogen-bond acceptors (Lipinski definition) is 5. The van der Waals surface area contributed by atoms with Gasteiger partial charge in [0.2, 0.25) is 0 Å². The summed E-state index contributed by atoms with van der Waals surface area (Å²) < 4.78 is 1.83. The van der Waals surface area contributed by atoms with Crippen LogP contribution in [0.3, 0.4) is 0 Å². The van der Waals surface area contributed by atoms with Crippen molar-refractivity contribution in [2.24, 2.45) is 5.92 Å². The number of aromatic hydroxyl groups is 1. The van der Waals surface area contributed by atoms with Gasteiger partial charge in [-0.15, -0.1) is 0 Å². The SMILES string of the molecule is O=[N+]([O-])c1cc2cn(C3CCC(CO)CC3)nc2cc1O. The maximum Gasteiger partial charge on any atom is 0.311 e. The average Bonchev–Trinajstić information content (AvgIpc) is 2.89. The number of nitro groups is 1. The first-order valence-electron chi connectivity index (χ1n) is 7.05. The molecule has 1 aromatic carbocycles. The van der Waals surface area contributed by atoms with Crippen molar-refractivity contribution in [3.8, 4) is 5.75 Å². The van der Waals surface area contributed by atoms with Crippen molar-refractivity contribution < 1.29 is 15.1 Å². The highest BCUT2D eigenvalue weighted by Crippen LogP contribution is 2.34. The third-order valence-electron chi connectivity index (χ3n) is 4.26. The van der Waals surface area contributed by atoms with Crippen LogP contribution in [0.4, 0.5) is 5.69 Å². The van der Waals surface area contributed by atoms with E-state index in [-0.39, 0.29) is 24.1 Å². The number of hydrogen-bond donors (Lipinski definition) is 2. The number of phenolic OH excluding ortho intramolecular Hbond substituents is 1. The third kappa shape index (κ3) is 2.56. The molecule has 0 atom stereocenters. The van der Waals surface area contributed by atoms with Crippen molar-refractivity contribution in [1.29, 1.82) is 0 Å². The molecular weight excluding hydrogens is 274 g/mol. The van der Waals surface area contributed by atoms with E-state index < -0.39 is 4.92 Å². The van der Waals surface area contributed by atoms with Gasteiger partial charge in [0.05, 0.1) is 16.5 Å². The molecule has 1 aliphatic rings. The van der Waals surface area contributed by atoms with Gasteiger partial charge in [-0.1, -0.05) is 0 Å². The molecule has 0 bridgehead atoms. The van der Waals surface area contributed by atoms with Crippen molar-refractivity contribution in [3.05, 3.63) is 28.4 Å². The first kappa shape index (κ1) is 13.8. The van der Waals surface area contributed by atoms with E-state index in [2.05, 4.69) is 5.10 Å². The van der Waals surface area contributed by atoms with Crippen molar-refractivity contribution in [2.45, 2.75) is 31.7 Å². The summed E-state index contributed by atoms with van der Waals surface area (Å²) in [6.45, 7) is 0.230. The minimum atomic E-state index is -0.599. The number of aromatic nitrogens is 2. The molecular formula is C14H17N3O4. The second kappa shape index (κ2) is 5.33. The van der Waals surface area contributed by atoms with E-state index in [0.29, 0.717) is 16.8 Å². The Morgan fingerprint density at radius 2 is 2.05 bits per heavy atom. The van der Waals surface area contributed by atoms with E-state index >= 15 is 0 Å². The van der Waals surface area contributed by atoms with E-state index in [9.17, 15) is 15.2 Å². The maximum absolute atomic E-state index is 10.8. The molecule has 0 spiro atoms. The van der Waals surface area contributed by atoms with E-state index in [4.69, 9.17) is 5.11 Å². The molecule has 7 nitrogen and oxygen atoms in total. The molecule has 0 radical (unpaired) electrons. The summed E-state index contributed by atoms with van der Waals surface area (Å²) >= 11 is 0. The van der Waals surface area contributed by atoms with Crippen LogP contribution in [-0.2, 0) is 0 Å². The molecule has 3 rings (SSSR count). The summed E-state index contributed by atoms with van der Waals surface area (Å²) in [4.78, 5) is 10.2. The largest absolute Gasteiger partial charge is 0.502 e. The van der Waals surface area contributed by atoms with E-state index in [0.717, 1.165) is 25.7 Å². The van der Waals surface area contributed by atoms with Crippen molar-refractivity contribution in [2.75, 3.05) is 6.61 Å². The fourth-order valence-corrected chi connectivity index (χ4v) is 2.99. The average molecular weight is 291 g/mol. The molecule has 1 fully saturated rings. The monoisotopic (exact) mass is 291 g/mol. The Balaban J connectivity index is 1.89. The molecule has 1 aliphatic carbocycles. The molecule has 0 amide bonds. The Kier molecular flexibility index (Phi) is 3.50. The zero-order valence-electron chi connectivity index (χ0n) is 11.5. The lowest BCUT2D eigenvalue weighted by Gasteiger charge is -2.27. The van der Waals surface area contributed by atoms with Crippen molar-refractivity contribution >= 4 is 16.6 Å². The lowest BCUT2D eigenvalue weighted by molar-refractivity contribution is -0.385. The normalized spacial score (nSPS) is 22.5. The molecule has 112 valence electrons. The number of benzene rings is 1. The Morgan fingerprint density at radius 3 is 2.67 bits per heavy atom. The van der Waals surface area contributed by atoms with Gasteiger partial charge in [0, 0.05) is 30.3 Å². The quantitative estimate of drug-likeness (QED) is 0.667. The van der Waals surface area contributed by atoms with Crippen LogP contribution in [0.25, 0.3) is 10.9 Å². The minimum Gasteiger partial charge on any atom is -0.502 e. The maximum atomic E-state index is 10.8. The van der Waals surface area contributed by atoms with Crippen LogP contribution in [0.1, 0.15) is 31.7 Å². The van der Waals surface area contributed by atoms with E-state index in [1.807, 2.05) is 4.68 Å². The fourth-order valence-electron chi connectivity index (χ4n) is 2.99. The van der Waals surface area contributed by atoms with Gasteiger partial charge < -0.3 is 10.2 Å².